The Bertz CT molecular complexity index is 1050. The molecular formula is C20H16N2O4S. The quantitative estimate of drug-likeness (QED) is 0.745. The fourth-order valence-corrected chi connectivity index (χ4v) is 4.22. The largest absolute Gasteiger partial charge is 0.503 e. The molecule has 27 heavy (non-hydrogen) atoms. The number of aliphatic hydroxyl groups excluding tert-OH is 1. The number of methoxy groups -OCH3 is 1. The molecule has 2 aromatic carbocycles. The fraction of sp³-hybridized carbons (Fsp3) is 0.150. The second kappa shape index (κ2) is 6.51. The van der Waals surface area contributed by atoms with Gasteiger partial charge in [-0.3, -0.25) is 14.5 Å². The van der Waals surface area contributed by atoms with Crippen LogP contribution >= 0.6 is 11.3 Å². The molecular weight excluding hydrogens is 364 g/mol. The van der Waals surface area contributed by atoms with Gasteiger partial charge in [-0.05, 0) is 36.8 Å². The molecule has 6 nitrogen and oxygen atoms in total. The van der Waals surface area contributed by atoms with Crippen molar-refractivity contribution in [2.75, 3.05) is 12.0 Å². The number of ether oxygens (including phenoxy) is 1. The van der Waals surface area contributed by atoms with Gasteiger partial charge >= 0.3 is 0 Å². The number of anilines is 1. The lowest BCUT2D eigenvalue weighted by molar-refractivity contribution is -0.117. The summed E-state index contributed by atoms with van der Waals surface area (Å²) in [6.07, 6.45) is 0. The maximum atomic E-state index is 12.8. The predicted octanol–water partition coefficient (Wildman–Crippen LogP) is 3.79. The summed E-state index contributed by atoms with van der Waals surface area (Å²) in [6, 6.07) is 13.9. The van der Waals surface area contributed by atoms with Crippen LogP contribution in [0.2, 0.25) is 0 Å². The number of hydrogen-bond acceptors (Lipinski definition) is 6. The molecule has 1 unspecified atom stereocenters. The van der Waals surface area contributed by atoms with E-state index in [1.807, 2.05) is 24.3 Å². The summed E-state index contributed by atoms with van der Waals surface area (Å²) in [6.45, 7) is 1.34. The third kappa shape index (κ3) is 2.76. The van der Waals surface area contributed by atoms with E-state index in [4.69, 9.17) is 4.74 Å². The van der Waals surface area contributed by atoms with Crippen molar-refractivity contribution in [1.29, 1.82) is 0 Å². The van der Waals surface area contributed by atoms with E-state index in [2.05, 4.69) is 4.98 Å². The number of benzene rings is 2. The summed E-state index contributed by atoms with van der Waals surface area (Å²) in [4.78, 5) is 31.0. The Labute approximate surface area is 159 Å². The average Bonchev–Trinajstić information content (AvgIpc) is 3.21. The molecule has 0 saturated carbocycles. The monoisotopic (exact) mass is 380 g/mol. The van der Waals surface area contributed by atoms with Gasteiger partial charge < -0.3 is 9.84 Å². The lowest BCUT2D eigenvalue weighted by Gasteiger charge is -2.24. The van der Waals surface area contributed by atoms with Crippen LogP contribution in [0.4, 0.5) is 5.13 Å². The number of fused-ring (bicyclic) bond motifs is 1. The van der Waals surface area contributed by atoms with Crippen LogP contribution in [0.3, 0.4) is 0 Å². The van der Waals surface area contributed by atoms with E-state index in [1.54, 1.807) is 31.4 Å². The Morgan fingerprint density at radius 2 is 1.89 bits per heavy atom. The minimum absolute atomic E-state index is 0.0735. The standard InChI is InChI=1S/C20H16N2O4S/c1-11(23)16-17(12-7-9-13(26-2)10-8-12)22(19(25)18(16)24)20-21-14-5-3-4-6-15(14)27-20/h3-10,17,24H,1-2H3. The van der Waals surface area contributed by atoms with E-state index in [0.717, 1.165) is 10.2 Å². The second-order valence-electron chi connectivity index (χ2n) is 6.13. The molecule has 0 radical (unpaired) electrons. The molecule has 4 rings (SSSR count). The van der Waals surface area contributed by atoms with Gasteiger partial charge in [-0.1, -0.05) is 35.6 Å². The summed E-state index contributed by atoms with van der Waals surface area (Å²) >= 11 is 1.34. The van der Waals surface area contributed by atoms with Gasteiger partial charge in [0.2, 0.25) is 0 Å². The zero-order chi connectivity index (χ0) is 19.1. The van der Waals surface area contributed by atoms with Crippen LogP contribution in [0.5, 0.6) is 5.75 Å². The van der Waals surface area contributed by atoms with Crippen molar-refractivity contribution >= 4 is 38.4 Å². The van der Waals surface area contributed by atoms with E-state index in [9.17, 15) is 14.7 Å². The maximum Gasteiger partial charge on any atom is 0.296 e. The first-order valence-corrected chi connectivity index (χ1v) is 9.10. The van der Waals surface area contributed by atoms with E-state index in [-0.39, 0.29) is 11.4 Å². The van der Waals surface area contributed by atoms with Crippen LogP contribution in [0.25, 0.3) is 10.2 Å². The molecule has 0 spiro atoms. The van der Waals surface area contributed by atoms with Gasteiger partial charge in [0.1, 0.15) is 5.75 Å². The summed E-state index contributed by atoms with van der Waals surface area (Å²) in [5.74, 6) is -0.847. The van der Waals surface area contributed by atoms with Crippen LogP contribution < -0.4 is 9.64 Å². The highest BCUT2D eigenvalue weighted by atomic mass is 32.1. The number of para-hydroxylation sites is 1. The van der Waals surface area contributed by atoms with Crippen molar-refractivity contribution in [3.63, 3.8) is 0 Å². The van der Waals surface area contributed by atoms with Crippen molar-refractivity contribution in [1.82, 2.24) is 4.98 Å². The van der Waals surface area contributed by atoms with Crippen molar-refractivity contribution in [3.05, 3.63) is 65.4 Å². The van der Waals surface area contributed by atoms with Crippen LogP contribution in [-0.2, 0) is 9.59 Å². The summed E-state index contributed by atoms with van der Waals surface area (Å²) in [5.41, 5.74) is 1.52. The Kier molecular flexibility index (Phi) is 4.16. The lowest BCUT2D eigenvalue weighted by Crippen LogP contribution is -2.30. The van der Waals surface area contributed by atoms with E-state index in [0.29, 0.717) is 16.4 Å². The van der Waals surface area contributed by atoms with Crippen molar-refractivity contribution in [2.24, 2.45) is 0 Å². The molecule has 1 aromatic heterocycles. The van der Waals surface area contributed by atoms with Gasteiger partial charge in [0.05, 0.1) is 28.9 Å². The number of hydrogen-bond donors (Lipinski definition) is 1. The molecule has 2 heterocycles. The van der Waals surface area contributed by atoms with E-state index in [1.165, 1.54) is 23.2 Å². The first-order valence-electron chi connectivity index (χ1n) is 8.28. The van der Waals surface area contributed by atoms with Crippen molar-refractivity contribution in [2.45, 2.75) is 13.0 Å². The van der Waals surface area contributed by atoms with Gasteiger partial charge in [0.25, 0.3) is 5.91 Å². The zero-order valence-electron chi connectivity index (χ0n) is 14.7. The zero-order valence-corrected chi connectivity index (χ0v) is 15.5. The molecule has 1 aliphatic rings. The van der Waals surface area contributed by atoms with Gasteiger partial charge in [-0.15, -0.1) is 0 Å². The molecule has 0 bridgehead atoms. The number of thiazole rings is 1. The summed E-state index contributed by atoms with van der Waals surface area (Å²) < 4.78 is 6.10. The molecule has 0 fully saturated rings. The Hall–Kier alpha value is -3.19. The minimum Gasteiger partial charge on any atom is -0.503 e. The Morgan fingerprint density at radius 3 is 2.52 bits per heavy atom. The molecule has 1 aliphatic heterocycles. The number of Topliss-reactive ketones (excluding diaryl/α,β-unsaturated/α-hetero) is 1. The number of carbonyl (C=O) groups excluding carboxylic acids is 2. The molecule has 1 atom stereocenters. The van der Waals surface area contributed by atoms with Crippen LogP contribution in [-0.4, -0.2) is 28.9 Å². The van der Waals surface area contributed by atoms with Gasteiger partial charge in [-0.25, -0.2) is 4.98 Å². The normalized spacial score (nSPS) is 17.0. The number of amides is 1. The number of ketones is 1. The number of aromatic nitrogens is 1. The number of rotatable bonds is 4. The molecule has 1 N–H and O–H groups in total. The van der Waals surface area contributed by atoms with Gasteiger partial charge in [0.15, 0.2) is 16.7 Å². The molecule has 7 heteroatoms. The van der Waals surface area contributed by atoms with E-state index >= 15 is 0 Å². The lowest BCUT2D eigenvalue weighted by atomic mass is 9.97. The average molecular weight is 380 g/mol. The van der Waals surface area contributed by atoms with Gasteiger partial charge in [0, 0.05) is 0 Å². The smallest absolute Gasteiger partial charge is 0.296 e. The Balaban J connectivity index is 1.87. The van der Waals surface area contributed by atoms with Crippen LogP contribution in [0.15, 0.2) is 59.9 Å². The van der Waals surface area contributed by atoms with E-state index < -0.39 is 17.7 Å². The topological polar surface area (TPSA) is 79.7 Å². The van der Waals surface area contributed by atoms with Crippen molar-refractivity contribution < 1.29 is 19.4 Å². The third-order valence-electron chi connectivity index (χ3n) is 4.51. The fourth-order valence-electron chi connectivity index (χ4n) is 3.23. The molecule has 0 aliphatic carbocycles. The first-order chi connectivity index (χ1) is 13.0. The highest BCUT2D eigenvalue weighted by molar-refractivity contribution is 7.22. The SMILES string of the molecule is COc1ccc(C2C(C(C)=O)=C(O)C(=O)N2c2nc3ccccc3s2)cc1. The van der Waals surface area contributed by atoms with Crippen LogP contribution in [0, 0.1) is 0 Å². The predicted molar refractivity (Wildman–Crippen MR) is 103 cm³/mol. The van der Waals surface area contributed by atoms with Crippen molar-refractivity contribution in [3.8, 4) is 5.75 Å². The highest BCUT2D eigenvalue weighted by Crippen LogP contribution is 2.43. The molecule has 0 saturated heterocycles. The minimum atomic E-state index is -0.735. The number of carbonyl (C=O) groups is 2. The third-order valence-corrected chi connectivity index (χ3v) is 5.54. The summed E-state index contributed by atoms with van der Waals surface area (Å²) in [5, 5.41) is 10.8. The molecule has 3 aromatic rings. The Morgan fingerprint density at radius 1 is 1.19 bits per heavy atom. The number of aliphatic hydroxyl groups is 1. The van der Waals surface area contributed by atoms with Crippen LogP contribution in [0.1, 0.15) is 18.5 Å². The number of nitrogens with zero attached hydrogens (tertiary/aromatic N) is 2. The highest BCUT2D eigenvalue weighted by Gasteiger charge is 2.44. The maximum absolute atomic E-state index is 12.8. The van der Waals surface area contributed by atoms with Gasteiger partial charge in [-0.2, -0.15) is 0 Å². The summed E-state index contributed by atoms with van der Waals surface area (Å²) in [7, 11) is 1.56. The molecule has 1 amide bonds. The molecule has 136 valence electrons. The first kappa shape index (κ1) is 17.2. The second-order valence-corrected chi connectivity index (χ2v) is 7.14.